The molecular weight excluding hydrogens is 314 g/mol. The zero-order valence-electron chi connectivity index (χ0n) is 15.0. The quantitative estimate of drug-likeness (QED) is 0.929. The van der Waals surface area contributed by atoms with Crippen molar-refractivity contribution in [1.82, 2.24) is 20.1 Å². The van der Waals surface area contributed by atoms with Crippen LogP contribution in [0.25, 0.3) is 0 Å². The summed E-state index contributed by atoms with van der Waals surface area (Å²) in [4.78, 5) is 18.8. The minimum atomic E-state index is 0.182. The second kappa shape index (κ2) is 6.50. The summed E-state index contributed by atoms with van der Waals surface area (Å²) in [6.45, 7) is 7.24. The lowest BCUT2D eigenvalue weighted by Crippen LogP contribution is -2.34. The first-order valence-electron chi connectivity index (χ1n) is 9.12. The molecule has 1 aliphatic carbocycles. The summed E-state index contributed by atoms with van der Waals surface area (Å²) in [5, 5.41) is 7.68. The molecule has 0 aromatic carbocycles. The van der Waals surface area contributed by atoms with E-state index < -0.39 is 0 Å². The number of carbonyl (C=O) groups excluding carboxylic acids is 1. The van der Waals surface area contributed by atoms with Gasteiger partial charge in [-0.15, -0.1) is 0 Å². The Kier molecular flexibility index (Phi) is 4.19. The smallest absolute Gasteiger partial charge is 0.223 e. The fraction of sp³-hybridized carbons (Fsp3) is 0.526. The molecule has 2 aromatic rings. The van der Waals surface area contributed by atoms with Crippen LogP contribution in [0.4, 0.5) is 5.69 Å². The molecule has 0 radical (unpaired) electrons. The summed E-state index contributed by atoms with van der Waals surface area (Å²) in [6.07, 6.45) is 3.25. The molecule has 0 atom stereocenters. The molecule has 3 heterocycles. The number of aryl methyl sites for hydroxylation is 2. The van der Waals surface area contributed by atoms with E-state index in [0.29, 0.717) is 6.54 Å². The first kappa shape index (κ1) is 16.1. The lowest BCUT2D eigenvalue weighted by atomic mass is 9.85. The highest BCUT2D eigenvalue weighted by Crippen LogP contribution is 2.26. The van der Waals surface area contributed by atoms with E-state index in [0.717, 1.165) is 49.6 Å². The van der Waals surface area contributed by atoms with E-state index in [-0.39, 0.29) is 11.8 Å². The van der Waals surface area contributed by atoms with Crippen molar-refractivity contribution in [2.24, 2.45) is 5.92 Å². The minimum Gasteiger partial charge on any atom is -0.364 e. The van der Waals surface area contributed by atoms with Gasteiger partial charge in [0.15, 0.2) is 0 Å². The first-order chi connectivity index (χ1) is 12.1. The number of anilines is 1. The topological polar surface area (TPSA) is 63.1 Å². The van der Waals surface area contributed by atoms with E-state index in [1.54, 1.807) is 0 Å². The van der Waals surface area contributed by atoms with Crippen molar-refractivity contribution in [1.29, 1.82) is 0 Å². The summed E-state index contributed by atoms with van der Waals surface area (Å²) < 4.78 is 2.07. The number of fused-ring (bicyclic) bond motifs is 1. The third kappa shape index (κ3) is 3.38. The van der Waals surface area contributed by atoms with E-state index in [1.165, 1.54) is 17.8 Å². The van der Waals surface area contributed by atoms with Crippen LogP contribution in [0.15, 0.2) is 18.2 Å². The number of rotatable bonds is 4. The lowest BCUT2D eigenvalue weighted by molar-refractivity contribution is -0.127. The van der Waals surface area contributed by atoms with Gasteiger partial charge >= 0.3 is 0 Å². The van der Waals surface area contributed by atoms with E-state index in [1.807, 2.05) is 13.8 Å². The average Bonchev–Trinajstić information content (AvgIpc) is 2.92. The Bertz CT molecular complexity index is 773. The second-order valence-corrected chi connectivity index (χ2v) is 7.23. The highest BCUT2D eigenvalue weighted by Gasteiger charge is 2.25. The van der Waals surface area contributed by atoms with Gasteiger partial charge in [-0.25, -0.2) is 0 Å². The van der Waals surface area contributed by atoms with Gasteiger partial charge < -0.3 is 10.2 Å². The Labute approximate surface area is 148 Å². The molecule has 1 N–H and O–H groups in total. The predicted octanol–water partition coefficient (Wildman–Crippen LogP) is 2.33. The third-order valence-electron chi connectivity index (χ3n) is 5.20. The van der Waals surface area contributed by atoms with Crippen LogP contribution < -0.4 is 10.2 Å². The van der Waals surface area contributed by atoms with Crippen LogP contribution in [-0.4, -0.2) is 27.2 Å². The zero-order chi connectivity index (χ0) is 17.4. The van der Waals surface area contributed by atoms with Crippen molar-refractivity contribution in [2.45, 2.75) is 52.7 Å². The highest BCUT2D eigenvalue weighted by atomic mass is 16.1. The molecule has 25 heavy (non-hydrogen) atoms. The Balaban J connectivity index is 1.42. The normalized spacial score (nSPS) is 17.1. The molecule has 0 saturated heterocycles. The fourth-order valence-corrected chi connectivity index (χ4v) is 3.62. The van der Waals surface area contributed by atoms with Crippen molar-refractivity contribution in [3.8, 4) is 0 Å². The zero-order valence-corrected chi connectivity index (χ0v) is 15.0. The molecule has 6 nitrogen and oxygen atoms in total. The molecule has 132 valence electrons. The first-order valence-corrected chi connectivity index (χ1v) is 9.12. The predicted molar refractivity (Wildman–Crippen MR) is 96.2 cm³/mol. The van der Waals surface area contributed by atoms with Crippen molar-refractivity contribution in [3.05, 3.63) is 41.0 Å². The largest absolute Gasteiger partial charge is 0.364 e. The molecule has 1 amide bonds. The van der Waals surface area contributed by atoms with E-state index in [4.69, 9.17) is 0 Å². The maximum Gasteiger partial charge on any atom is 0.223 e. The standard InChI is InChI=1S/C19H25N5O/c1-13-8-17(9-14(2)21-13)23-6-7-24-18(12-23)10-16(22-24)11-20-19(25)15-4-3-5-15/h8-10,15H,3-7,11-12H2,1-2H3,(H,20,25). The summed E-state index contributed by atoms with van der Waals surface area (Å²) in [6, 6.07) is 6.39. The van der Waals surface area contributed by atoms with Crippen LogP contribution in [0.1, 0.15) is 42.0 Å². The number of aromatic nitrogens is 3. The van der Waals surface area contributed by atoms with Gasteiger partial charge in [0, 0.05) is 29.5 Å². The molecule has 0 bridgehead atoms. The number of carbonyl (C=O) groups is 1. The monoisotopic (exact) mass is 339 g/mol. The Morgan fingerprint density at radius 2 is 1.96 bits per heavy atom. The lowest BCUT2D eigenvalue weighted by Gasteiger charge is -2.30. The fourth-order valence-electron chi connectivity index (χ4n) is 3.62. The molecule has 0 spiro atoms. The molecule has 1 saturated carbocycles. The molecular formula is C19H25N5O. The van der Waals surface area contributed by atoms with Crippen molar-refractivity contribution in [2.75, 3.05) is 11.4 Å². The van der Waals surface area contributed by atoms with Gasteiger partial charge in [-0.3, -0.25) is 14.5 Å². The highest BCUT2D eigenvalue weighted by molar-refractivity contribution is 5.79. The number of nitrogens with one attached hydrogen (secondary N) is 1. The van der Waals surface area contributed by atoms with Crippen LogP contribution in [0.2, 0.25) is 0 Å². The molecule has 0 unspecified atom stereocenters. The second-order valence-electron chi connectivity index (χ2n) is 7.23. The maximum absolute atomic E-state index is 12.0. The maximum atomic E-state index is 12.0. The van der Waals surface area contributed by atoms with Crippen LogP contribution >= 0.6 is 0 Å². The molecule has 1 aliphatic heterocycles. The summed E-state index contributed by atoms with van der Waals surface area (Å²) in [5.74, 6) is 0.410. The van der Waals surface area contributed by atoms with Crippen molar-refractivity contribution >= 4 is 11.6 Å². The van der Waals surface area contributed by atoms with Gasteiger partial charge in [-0.2, -0.15) is 5.10 Å². The van der Waals surface area contributed by atoms with Crippen LogP contribution in [0, 0.1) is 19.8 Å². The molecule has 2 aliphatic rings. The van der Waals surface area contributed by atoms with Gasteiger partial charge in [0.1, 0.15) is 0 Å². The van der Waals surface area contributed by atoms with Gasteiger partial charge in [-0.05, 0) is 44.9 Å². The Morgan fingerprint density at radius 3 is 2.64 bits per heavy atom. The molecule has 1 fully saturated rings. The third-order valence-corrected chi connectivity index (χ3v) is 5.20. The van der Waals surface area contributed by atoms with Crippen LogP contribution in [0.3, 0.4) is 0 Å². The van der Waals surface area contributed by atoms with Gasteiger partial charge in [0.25, 0.3) is 0 Å². The van der Waals surface area contributed by atoms with Crippen LogP contribution in [-0.2, 0) is 24.4 Å². The van der Waals surface area contributed by atoms with Gasteiger partial charge in [-0.1, -0.05) is 6.42 Å². The number of pyridine rings is 1. The molecule has 2 aromatic heterocycles. The van der Waals surface area contributed by atoms with Gasteiger partial charge in [0.2, 0.25) is 5.91 Å². The minimum absolute atomic E-state index is 0.182. The summed E-state index contributed by atoms with van der Waals surface area (Å²) in [5.41, 5.74) is 5.47. The van der Waals surface area contributed by atoms with E-state index in [2.05, 4.69) is 43.2 Å². The molecule has 6 heteroatoms. The molecule has 4 rings (SSSR count). The Morgan fingerprint density at radius 1 is 1.20 bits per heavy atom. The van der Waals surface area contributed by atoms with Crippen LogP contribution in [0.5, 0.6) is 0 Å². The average molecular weight is 339 g/mol. The van der Waals surface area contributed by atoms with E-state index >= 15 is 0 Å². The SMILES string of the molecule is Cc1cc(N2CCn3nc(CNC(=O)C4CCC4)cc3C2)cc(C)n1. The Hall–Kier alpha value is -2.37. The summed E-state index contributed by atoms with van der Waals surface area (Å²) in [7, 11) is 0. The van der Waals surface area contributed by atoms with E-state index in [9.17, 15) is 4.79 Å². The number of hydrogen-bond donors (Lipinski definition) is 1. The van der Waals surface area contributed by atoms with Crippen molar-refractivity contribution < 1.29 is 4.79 Å². The number of amides is 1. The number of hydrogen-bond acceptors (Lipinski definition) is 4. The summed E-state index contributed by atoms with van der Waals surface area (Å²) >= 11 is 0. The van der Waals surface area contributed by atoms with Gasteiger partial charge in [0.05, 0.1) is 31.0 Å². The van der Waals surface area contributed by atoms with Crippen molar-refractivity contribution in [3.63, 3.8) is 0 Å². The number of nitrogens with zero attached hydrogens (tertiary/aromatic N) is 4.